The highest BCUT2D eigenvalue weighted by atomic mass is 35.5. The minimum absolute atomic E-state index is 0.204. The molecule has 2 nitrogen and oxygen atoms in total. The van der Waals surface area contributed by atoms with Crippen LogP contribution in [0.25, 0.3) is 0 Å². The highest BCUT2D eigenvalue weighted by Gasteiger charge is 2.30. The standard InChI is InChI=1S/C10H18ClNO/c11-9-5-4-8-13-10(9)12-6-2-1-3-7-12/h9-10H,1-8H2. The molecule has 2 rings (SSSR count). The van der Waals surface area contributed by atoms with Gasteiger partial charge < -0.3 is 4.74 Å². The fourth-order valence-corrected chi connectivity index (χ4v) is 2.62. The Morgan fingerprint density at radius 2 is 1.85 bits per heavy atom. The van der Waals surface area contributed by atoms with E-state index in [9.17, 15) is 0 Å². The van der Waals surface area contributed by atoms with E-state index in [-0.39, 0.29) is 11.6 Å². The molecule has 0 N–H and O–H groups in total. The van der Waals surface area contributed by atoms with Crippen molar-refractivity contribution in [3.05, 3.63) is 0 Å². The van der Waals surface area contributed by atoms with Crippen LogP contribution in [-0.2, 0) is 4.74 Å². The van der Waals surface area contributed by atoms with Crippen LogP contribution >= 0.6 is 11.6 Å². The molecule has 76 valence electrons. The molecule has 0 aromatic carbocycles. The van der Waals surface area contributed by atoms with Gasteiger partial charge in [-0.2, -0.15) is 0 Å². The van der Waals surface area contributed by atoms with Gasteiger partial charge >= 0.3 is 0 Å². The number of rotatable bonds is 1. The summed E-state index contributed by atoms with van der Waals surface area (Å²) in [6.07, 6.45) is 6.43. The van der Waals surface area contributed by atoms with Crippen molar-refractivity contribution < 1.29 is 4.74 Å². The molecule has 2 atom stereocenters. The molecule has 0 aromatic rings. The van der Waals surface area contributed by atoms with Crippen molar-refractivity contribution in [2.75, 3.05) is 19.7 Å². The van der Waals surface area contributed by atoms with E-state index < -0.39 is 0 Å². The second-order valence-corrected chi connectivity index (χ2v) is 4.58. The molecule has 2 heterocycles. The lowest BCUT2D eigenvalue weighted by Crippen LogP contribution is -2.48. The monoisotopic (exact) mass is 203 g/mol. The first-order valence-corrected chi connectivity index (χ1v) is 5.81. The van der Waals surface area contributed by atoms with Crippen molar-refractivity contribution in [2.45, 2.75) is 43.7 Å². The summed E-state index contributed by atoms with van der Waals surface area (Å²) in [5.41, 5.74) is 0. The lowest BCUT2D eigenvalue weighted by Gasteiger charge is -2.39. The van der Waals surface area contributed by atoms with E-state index in [0.29, 0.717) is 0 Å². The van der Waals surface area contributed by atoms with Gasteiger partial charge in [0.05, 0.1) is 5.38 Å². The van der Waals surface area contributed by atoms with Crippen LogP contribution in [0.5, 0.6) is 0 Å². The Morgan fingerprint density at radius 1 is 1.08 bits per heavy atom. The Balaban J connectivity index is 1.88. The van der Waals surface area contributed by atoms with Gasteiger partial charge in [-0.15, -0.1) is 11.6 Å². The van der Waals surface area contributed by atoms with Gasteiger partial charge in [-0.3, -0.25) is 4.90 Å². The summed E-state index contributed by atoms with van der Waals surface area (Å²) in [7, 11) is 0. The van der Waals surface area contributed by atoms with Gasteiger partial charge in [-0.05, 0) is 25.7 Å². The van der Waals surface area contributed by atoms with Crippen LogP contribution in [0.15, 0.2) is 0 Å². The molecule has 0 aliphatic carbocycles. The molecule has 2 fully saturated rings. The average Bonchev–Trinajstić information content (AvgIpc) is 2.20. The van der Waals surface area contributed by atoms with Crippen LogP contribution in [0.4, 0.5) is 0 Å². The van der Waals surface area contributed by atoms with E-state index in [1.54, 1.807) is 0 Å². The topological polar surface area (TPSA) is 12.5 Å². The van der Waals surface area contributed by atoms with Crippen LogP contribution < -0.4 is 0 Å². The zero-order valence-electron chi connectivity index (χ0n) is 8.04. The number of halogens is 1. The molecule has 3 heteroatoms. The van der Waals surface area contributed by atoms with Crippen molar-refractivity contribution >= 4 is 11.6 Å². The number of nitrogens with zero attached hydrogens (tertiary/aromatic N) is 1. The lowest BCUT2D eigenvalue weighted by atomic mass is 10.1. The Bertz CT molecular complexity index is 159. The molecule has 0 radical (unpaired) electrons. The predicted octanol–water partition coefficient (Wildman–Crippen LogP) is 2.22. The number of alkyl halides is 1. The molecule has 0 aromatic heterocycles. The molecule has 2 aliphatic rings. The summed E-state index contributed by atoms with van der Waals surface area (Å²) in [5.74, 6) is 0. The molecule has 13 heavy (non-hydrogen) atoms. The fraction of sp³-hybridized carbons (Fsp3) is 1.00. The maximum Gasteiger partial charge on any atom is 0.127 e. The van der Waals surface area contributed by atoms with E-state index in [1.807, 2.05) is 0 Å². The van der Waals surface area contributed by atoms with Gasteiger partial charge in [-0.1, -0.05) is 6.42 Å². The van der Waals surface area contributed by atoms with Crippen molar-refractivity contribution in [2.24, 2.45) is 0 Å². The fourth-order valence-electron chi connectivity index (χ4n) is 2.24. The first-order valence-electron chi connectivity index (χ1n) is 5.37. The van der Waals surface area contributed by atoms with E-state index in [0.717, 1.165) is 19.4 Å². The van der Waals surface area contributed by atoms with Gasteiger partial charge in [0, 0.05) is 19.7 Å². The van der Waals surface area contributed by atoms with Gasteiger partial charge in [0.25, 0.3) is 0 Å². The summed E-state index contributed by atoms with van der Waals surface area (Å²) in [5, 5.41) is 0.215. The Hall–Kier alpha value is 0.210. The van der Waals surface area contributed by atoms with Crippen molar-refractivity contribution in [3.63, 3.8) is 0 Å². The highest BCUT2D eigenvalue weighted by molar-refractivity contribution is 6.21. The van der Waals surface area contributed by atoms with Gasteiger partial charge in [0.2, 0.25) is 0 Å². The molecule has 2 unspecified atom stereocenters. The smallest absolute Gasteiger partial charge is 0.127 e. The first-order chi connectivity index (χ1) is 6.38. The van der Waals surface area contributed by atoms with Crippen LogP contribution in [0.3, 0.4) is 0 Å². The number of piperidine rings is 1. The van der Waals surface area contributed by atoms with Crippen LogP contribution in [0.2, 0.25) is 0 Å². The maximum absolute atomic E-state index is 6.25. The van der Waals surface area contributed by atoms with Crippen LogP contribution in [0, 0.1) is 0 Å². The summed E-state index contributed by atoms with van der Waals surface area (Å²) in [6.45, 7) is 3.24. The molecule has 2 saturated heterocycles. The SMILES string of the molecule is ClC1CCCOC1N1CCCCC1. The zero-order chi connectivity index (χ0) is 9.10. The highest BCUT2D eigenvalue weighted by Crippen LogP contribution is 2.24. The second-order valence-electron chi connectivity index (χ2n) is 4.02. The normalized spacial score (nSPS) is 37.6. The lowest BCUT2D eigenvalue weighted by molar-refractivity contribution is -0.0885. The summed E-state index contributed by atoms with van der Waals surface area (Å²) in [4.78, 5) is 2.42. The third-order valence-electron chi connectivity index (χ3n) is 2.97. The molecular weight excluding hydrogens is 186 g/mol. The quantitative estimate of drug-likeness (QED) is 0.606. The number of likely N-dealkylation sites (tertiary alicyclic amines) is 1. The van der Waals surface area contributed by atoms with Gasteiger partial charge in [0.15, 0.2) is 0 Å². The molecule has 0 spiro atoms. The number of hydrogen-bond donors (Lipinski definition) is 0. The molecular formula is C10H18ClNO. The van der Waals surface area contributed by atoms with E-state index >= 15 is 0 Å². The minimum atomic E-state index is 0.204. The Morgan fingerprint density at radius 3 is 2.54 bits per heavy atom. The summed E-state index contributed by atoms with van der Waals surface area (Å²) < 4.78 is 5.72. The van der Waals surface area contributed by atoms with E-state index in [4.69, 9.17) is 16.3 Å². The maximum atomic E-state index is 6.25. The average molecular weight is 204 g/mol. The number of ether oxygens (including phenoxy) is 1. The van der Waals surface area contributed by atoms with Gasteiger partial charge in [0.1, 0.15) is 6.23 Å². The zero-order valence-corrected chi connectivity index (χ0v) is 8.80. The van der Waals surface area contributed by atoms with E-state index in [2.05, 4.69) is 4.90 Å². The predicted molar refractivity (Wildman–Crippen MR) is 54.0 cm³/mol. The van der Waals surface area contributed by atoms with Crippen molar-refractivity contribution in [1.82, 2.24) is 4.90 Å². The largest absolute Gasteiger partial charge is 0.362 e. The molecule has 2 aliphatic heterocycles. The molecule has 0 bridgehead atoms. The molecule has 0 amide bonds. The minimum Gasteiger partial charge on any atom is -0.362 e. The Labute approximate surface area is 85.2 Å². The van der Waals surface area contributed by atoms with E-state index in [1.165, 1.54) is 32.4 Å². The summed E-state index contributed by atoms with van der Waals surface area (Å²) >= 11 is 6.25. The van der Waals surface area contributed by atoms with Crippen molar-refractivity contribution in [1.29, 1.82) is 0 Å². The Kier molecular flexibility index (Phi) is 3.47. The van der Waals surface area contributed by atoms with Crippen molar-refractivity contribution in [3.8, 4) is 0 Å². The summed E-state index contributed by atoms with van der Waals surface area (Å²) in [6, 6.07) is 0. The third kappa shape index (κ3) is 2.36. The first kappa shape index (κ1) is 9.75. The third-order valence-corrected chi connectivity index (χ3v) is 3.41. The van der Waals surface area contributed by atoms with Gasteiger partial charge in [-0.25, -0.2) is 0 Å². The van der Waals surface area contributed by atoms with Crippen LogP contribution in [0.1, 0.15) is 32.1 Å². The van der Waals surface area contributed by atoms with Crippen LogP contribution in [-0.4, -0.2) is 36.2 Å². The second kappa shape index (κ2) is 4.63. The number of hydrogen-bond acceptors (Lipinski definition) is 2. The molecule has 0 saturated carbocycles.